The topological polar surface area (TPSA) is 83.7 Å². The molecule has 0 saturated heterocycles. The highest BCUT2D eigenvalue weighted by atomic mass is 127. The lowest BCUT2D eigenvalue weighted by Gasteiger charge is -2.29. The van der Waals surface area contributed by atoms with Crippen molar-refractivity contribution in [3.8, 4) is 0 Å². The maximum absolute atomic E-state index is 13.5. The predicted molar refractivity (Wildman–Crippen MR) is 123 cm³/mol. The van der Waals surface area contributed by atoms with E-state index in [0.29, 0.717) is 32.3 Å². The molecule has 1 aromatic heterocycles. The highest BCUT2D eigenvalue weighted by molar-refractivity contribution is 14.0. The summed E-state index contributed by atoms with van der Waals surface area (Å²) in [5, 5.41) is 16.3. The lowest BCUT2D eigenvalue weighted by Crippen LogP contribution is -2.45. The standard InChI is InChI=1S/C20H28F3N5O2.HI/c1-3-24-18(27-12-14-30-15-16-7-5-4-6-8-16)26-10-9-19(29,20(21,22)23)17-25-11-13-28(17)2;/h4-8,11,13,29H,3,9-10,12,14-15H2,1-2H3,(H2,24,26,27);1H. The Bertz CT molecular complexity index is 802. The third-order valence-electron chi connectivity index (χ3n) is 4.40. The first-order valence-electron chi connectivity index (χ1n) is 9.68. The lowest BCUT2D eigenvalue weighted by atomic mass is 9.98. The van der Waals surface area contributed by atoms with Crippen LogP contribution < -0.4 is 10.6 Å². The SMILES string of the molecule is CCNC(=NCCC(O)(c1nccn1C)C(F)(F)F)NCCOCc1ccccc1.I. The number of alkyl halides is 3. The Labute approximate surface area is 197 Å². The van der Waals surface area contributed by atoms with Crippen LogP contribution in [0.25, 0.3) is 0 Å². The van der Waals surface area contributed by atoms with E-state index < -0.39 is 24.0 Å². The van der Waals surface area contributed by atoms with Crippen LogP contribution >= 0.6 is 24.0 Å². The van der Waals surface area contributed by atoms with E-state index in [2.05, 4.69) is 20.6 Å². The van der Waals surface area contributed by atoms with Gasteiger partial charge in [0, 0.05) is 45.5 Å². The molecule has 2 rings (SSSR count). The second-order valence-corrected chi connectivity index (χ2v) is 6.70. The largest absolute Gasteiger partial charge is 0.424 e. The number of aliphatic imine (C=N–C) groups is 1. The second kappa shape index (κ2) is 12.9. The molecule has 174 valence electrons. The number of guanidine groups is 1. The zero-order chi connectivity index (χ0) is 22.0. The van der Waals surface area contributed by atoms with Crippen molar-refractivity contribution in [3.63, 3.8) is 0 Å². The number of rotatable bonds is 10. The quantitative estimate of drug-likeness (QED) is 0.182. The molecule has 0 fully saturated rings. The first-order valence-corrected chi connectivity index (χ1v) is 9.68. The van der Waals surface area contributed by atoms with Gasteiger partial charge in [0.1, 0.15) is 5.82 Å². The van der Waals surface area contributed by atoms with Crippen LogP contribution in [0.1, 0.15) is 24.7 Å². The molecule has 31 heavy (non-hydrogen) atoms. The Balaban J connectivity index is 0.00000480. The van der Waals surface area contributed by atoms with Gasteiger partial charge in [-0.15, -0.1) is 24.0 Å². The molecule has 0 saturated carbocycles. The van der Waals surface area contributed by atoms with Crippen LogP contribution in [0.3, 0.4) is 0 Å². The van der Waals surface area contributed by atoms with Crippen molar-refractivity contribution in [2.75, 3.05) is 26.2 Å². The van der Waals surface area contributed by atoms with Gasteiger partial charge in [-0.25, -0.2) is 4.98 Å². The van der Waals surface area contributed by atoms with Gasteiger partial charge in [0.2, 0.25) is 5.60 Å². The third kappa shape index (κ3) is 7.96. The Kier molecular flexibility index (Phi) is 11.3. The zero-order valence-electron chi connectivity index (χ0n) is 17.5. The van der Waals surface area contributed by atoms with E-state index in [1.165, 1.54) is 19.4 Å². The molecule has 0 amide bonds. The molecular formula is C20H29F3IN5O2. The highest BCUT2D eigenvalue weighted by Gasteiger charge is 2.57. The molecule has 0 aliphatic heterocycles. The molecule has 11 heteroatoms. The van der Waals surface area contributed by atoms with Gasteiger partial charge in [-0.2, -0.15) is 13.2 Å². The zero-order valence-corrected chi connectivity index (χ0v) is 19.9. The first-order chi connectivity index (χ1) is 14.3. The van der Waals surface area contributed by atoms with E-state index in [1.807, 2.05) is 37.3 Å². The second-order valence-electron chi connectivity index (χ2n) is 6.70. The number of benzene rings is 1. The van der Waals surface area contributed by atoms with E-state index in [0.717, 1.165) is 10.1 Å². The van der Waals surface area contributed by atoms with Crippen LogP contribution in [0.2, 0.25) is 0 Å². The van der Waals surface area contributed by atoms with Crippen LogP contribution in [0.15, 0.2) is 47.7 Å². The first kappa shape index (κ1) is 27.2. The lowest BCUT2D eigenvalue weighted by molar-refractivity contribution is -0.272. The van der Waals surface area contributed by atoms with Gasteiger partial charge in [0.25, 0.3) is 0 Å². The molecule has 0 aliphatic carbocycles. The van der Waals surface area contributed by atoms with Gasteiger partial charge in [-0.05, 0) is 12.5 Å². The number of hydrogen-bond donors (Lipinski definition) is 3. The fourth-order valence-corrected chi connectivity index (χ4v) is 2.82. The number of imidazole rings is 1. The van der Waals surface area contributed by atoms with Crippen molar-refractivity contribution in [2.45, 2.75) is 31.7 Å². The van der Waals surface area contributed by atoms with Crippen LogP contribution in [-0.2, 0) is 24.0 Å². The molecule has 2 aromatic rings. The minimum Gasteiger partial charge on any atom is -0.375 e. The summed E-state index contributed by atoms with van der Waals surface area (Å²) in [4.78, 5) is 7.83. The van der Waals surface area contributed by atoms with E-state index in [9.17, 15) is 18.3 Å². The molecule has 0 spiro atoms. The van der Waals surface area contributed by atoms with Gasteiger partial charge >= 0.3 is 6.18 Å². The van der Waals surface area contributed by atoms with Crippen molar-refractivity contribution >= 4 is 29.9 Å². The van der Waals surface area contributed by atoms with E-state index in [1.54, 1.807) is 0 Å². The Morgan fingerprint density at radius 2 is 1.94 bits per heavy atom. The average molecular weight is 555 g/mol. The number of nitrogens with zero attached hydrogens (tertiary/aromatic N) is 3. The molecule has 0 radical (unpaired) electrons. The molecule has 1 aromatic carbocycles. The molecule has 0 bridgehead atoms. The number of ether oxygens (including phenoxy) is 1. The molecule has 1 atom stereocenters. The van der Waals surface area contributed by atoms with Crippen molar-refractivity contribution in [3.05, 3.63) is 54.1 Å². The molecule has 1 heterocycles. The van der Waals surface area contributed by atoms with Crippen molar-refractivity contribution < 1.29 is 23.0 Å². The number of aliphatic hydroxyl groups is 1. The maximum atomic E-state index is 13.5. The van der Waals surface area contributed by atoms with Gasteiger partial charge in [0.15, 0.2) is 5.96 Å². The monoisotopic (exact) mass is 555 g/mol. The van der Waals surface area contributed by atoms with E-state index >= 15 is 0 Å². The molecule has 3 N–H and O–H groups in total. The number of hydrogen-bond acceptors (Lipinski definition) is 4. The normalized spacial score (nSPS) is 13.9. The smallest absolute Gasteiger partial charge is 0.375 e. The summed E-state index contributed by atoms with van der Waals surface area (Å²) < 4.78 is 47.4. The molecule has 0 aliphatic rings. The number of halogens is 4. The van der Waals surface area contributed by atoms with Gasteiger partial charge in [-0.1, -0.05) is 30.3 Å². The Morgan fingerprint density at radius 1 is 1.23 bits per heavy atom. The number of aryl methyl sites for hydroxylation is 1. The minimum atomic E-state index is -4.88. The summed E-state index contributed by atoms with van der Waals surface area (Å²) >= 11 is 0. The van der Waals surface area contributed by atoms with E-state index in [-0.39, 0.29) is 30.5 Å². The Hall–Kier alpha value is -1.86. The Morgan fingerprint density at radius 3 is 2.52 bits per heavy atom. The summed E-state index contributed by atoms with van der Waals surface area (Å²) in [6.45, 7) is 3.45. The van der Waals surface area contributed by atoms with Crippen molar-refractivity contribution in [1.82, 2.24) is 20.2 Å². The fraction of sp³-hybridized carbons (Fsp3) is 0.500. The highest BCUT2D eigenvalue weighted by Crippen LogP contribution is 2.40. The van der Waals surface area contributed by atoms with Crippen LogP contribution in [0, 0.1) is 0 Å². The number of aromatic nitrogens is 2. The van der Waals surface area contributed by atoms with Gasteiger partial charge in [0.05, 0.1) is 13.2 Å². The third-order valence-corrected chi connectivity index (χ3v) is 4.40. The average Bonchev–Trinajstić information content (AvgIpc) is 3.14. The van der Waals surface area contributed by atoms with Crippen LogP contribution in [0.5, 0.6) is 0 Å². The van der Waals surface area contributed by atoms with Gasteiger partial charge in [-0.3, -0.25) is 4.99 Å². The summed E-state index contributed by atoms with van der Waals surface area (Å²) in [7, 11) is 1.41. The van der Waals surface area contributed by atoms with E-state index in [4.69, 9.17) is 4.74 Å². The summed E-state index contributed by atoms with van der Waals surface area (Å²) in [6, 6.07) is 9.71. The van der Waals surface area contributed by atoms with Crippen LogP contribution in [0.4, 0.5) is 13.2 Å². The van der Waals surface area contributed by atoms with Crippen molar-refractivity contribution in [2.24, 2.45) is 12.0 Å². The molecule has 1 unspecified atom stereocenters. The summed E-state index contributed by atoms with van der Waals surface area (Å²) in [5.41, 5.74) is -2.02. The maximum Gasteiger partial charge on any atom is 0.424 e. The van der Waals surface area contributed by atoms with Crippen LogP contribution in [-0.4, -0.2) is 53.0 Å². The summed E-state index contributed by atoms with van der Waals surface area (Å²) in [5.74, 6) is -0.109. The summed E-state index contributed by atoms with van der Waals surface area (Å²) in [6.07, 6.45) is -2.95. The predicted octanol–water partition coefficient (Wildman–Crippen LogP) is 2.95. The van der Waals surface area contributed by atoms with Crippen molar-refractivity contribution in [1.29, 1.82) is 0 Å². The molecule has 7 nitrogen and oxygen atoms in total. The number of nitrogens with one attached hydrogen (secondary N) is 2. The van der Waals surface area contributed by atoms with Gasteiger partial charge < -0.3 is 25.0 Å². The molecular weight excluding hydrogens is 526 g/mol. The fourth-order valence-electron chi connectivity index (χ4n) is 2.82. The minimum absolute atomic E-state index is 0.